The van der Waals surface area contributed by atoms with Crippen molar-refractivity contribution in [1.29, 1.82) is 0 Å². The van der Waals surface area contributed by atoms with Gasteiger partial charge in [0.15, 0.2) is 5.79 Å². The highest BCUT2D eigenvalue weighted by Crippen LogP contribution is 2.56. The second-order valence-electron chi connectivity index (χ2n) is 3.37. The van der Waals surface area contributed by atoms with Crippen molar-refractivity contribution in [3.63, 3.8) is 0 Å². The third-order valence-electron chi connectivity index (χ3n) is 2.86. The maximum absolute atomic E-state index is 11.5. The van der Waals surface area contributed by atoms with Gasteiger partial charge in [-0.1, -0.05) is 6.92 Å². The molecule has 1 aliphatic rings. The summed E-state index contributed by atoms with van der Waals surface area (Å²) in [6, 6.07) is 0. The smallest absolute Gasteiger partial charge is 0.314 e. The fourth-order valence-corrected chi connectivity index (χ4v) is 2.13. The summed E-state index contributed by atoms with van der Waals surface area (Å²) in [6.45, 7) is 4.20. The summed E-state index contributed by atoms with van der Waals surface area (Å²) >= 11 is 0. The Hall–Kier alpha value is -0.610. The lowest BCUT2D eigenvalue weighted by atomic mass is 10.2. The zero-order chi connectivity index (χ0) is 10.8. The van der Waals surface area contributed by atoms with Gasteiger partial charge < -0.3 is 14.2 Å². The molecule has 1 saturated carbocycles. The molecular formula is C10H18O4. The van der Waals surface area contributed by atoms with Crippen LogP contribution in [0.4, 0.5) is 0 Å². The van der Waals surface area contributed by atoms with Gasteiger partial charge in [0.05, 0.1) is 6.61 Å². The Bertz CT molecular complexity index is 210. The van der Waals surface area contributed by atoms with Crippen LogP contribution in [0, 0.1) is 11.8 Å². The molecule has 0 bridgehead atoms. The van der Waals surface area contributed by atoms with E-state index in [4.69, 9.17) is 14.2 Å². The molecule has 0 spiro atoms. The molecule has 82 valence electrons. The van der Waals surface area contributed by atoms with Crippen LogP contribution < -0.4 is 0 Å². The van der Waals surface area contributed by atoms with Gasteiger partial charge in [0, 0.05) is 20.1 Å². The Kier molecular flexibility index (Phi) is 3.50. The molecule has 0 amide bonds. The van der Waals surface area contributed by atoms with Gasteiger partial charge in [-0.05, 0) is 13.3 Å². The minimum Gasteiger partial charge on any atom is -0.466 e. The molecular weight excluding hydrogens is 184 g/mol. The largest absolute Gasteiger partial charge is 0.466 e. The van der Waals surface area contributed by atoms with Crippen LogP contribution in [0.1, 0.15) is 20.3 Å². The van der Waals surface area contributed by atoms with E-state index in [1.807, 2.05) is 6.92 Å². The van der Waals surface area contributed by atoms with Gasteiger partial charge in [-0.15, -0.1) is 0 Å². The Morgan fingerprint density at radius 1 is 1.29 bits per heavy atom. The Labute approximate surface area is 84.5 Å². The summed E-state index contributed by atoms with van der Waals surface area (Å²) < 4.78 is 15.5. The minimum atomic E-state index is -0.735. The van der Waals surface area contributed by atoms with Crippen LogP contribution in [0.5, 0.6) is 0 Å². The van der Waals surface area contributed by atoms with Crippen LogP contribution in [0.3, 0.4) is 0 Å². The van der Waals surface area contributed by atoms with Crippen LogP contribution in [-0.4, -0.2) is 32.6 Å². The first-order valence-corrected chi connectivity index (χ1v) is 4.94. The monoisotopic (exact) mass is 202 g/mol. The summed E-state index contributed by atoms with van der Waals surface area (Å²) in [4.78, 5) is 11.5. The van der Waals surface area contributed by atoms with E-state index in [9.17, 15) is 4.79 Å². The highest BCUT2D eigenvalue weighted by atomic mass is 16.7. The van der Waals surface area contributed by atoms with E-state index in [2.05, 4.69) is 0 Å². The van der Waals surface area contributed by atoms with Gasteiger partial charge in [-0.2, -0.15) is 0 Å². The van der Waals surface area contributed by atoms with Crippen molar-refractivity contribution >= 4 is 5.97 Å². The van der Waals surface area contributed by atoms with Crippen molar-refractivity contribution in [2.75, 3.05) is 20.8 Å². The molecule has 0 radical (unpaired) electrons. The van der Waals surface area contributed by atoms with Crippen LogP contribution in [0.2, 0.25) is 0 Å². The third kappa shape index (κ3) is 1.53. The molecule has 1 fully saturated rings. The fraction of sp³-hybridized carbons (Fsp3) is 0.900. The molecule has 1 rings (SSSR count). The minimum absolute atomic E-state index is 0.122. The van der Waals surface area contributed by atoms with Gasteiger partial charge in [0.25, 0.3) is 0 Å². The zero-order valence-corrected chi connectivity index (χ0v) is 9.20. The molecule has 4 nitrogen and oxygen atoms in total. The van der Waals surface area contributed by atoms with E-state index in [-0.39, 0.29) is 17.8 Å². The van der Waals surface area contributed by atoms with Crippen molar-refractivity contribution in [3.05, 3.63) is 0 Å². The average molecular weight is 202 g/mol. The standard InChI is InChI=1S/C10H18O4/c1-5-7-8(9(11)14-6-2)10(7,12-3)13-4/h7-8H,5-6H2,1-4H3/t7?,8-/m0/s1. The number of ether oxygens (including phenoxy) is 3. The molecule has 0 saturated heterocycles. The first kappa shape index (κ1) is 11.5. The molecule has 0 aromatic carbocycles. The van der Waals surface area contributed by atoms with Gasteiger partial charge >= 0.3 is 5.97 Å². The lowest BCUT2D eigenvalue weighted by Crippen LogP contribution is -2.23. The van der Waals surface area contributed by atoms with E-state index in [0.717, 1.165) is 6.42 Å². The summed E-state index contributed by atoms with van der Waals surface area (Å²) in [5.74, 6) is -1.09. The highest BCUT2D eigenvalue weighted by Gasteiger charge is 2.70. The lowest BCUT2D eigenvalue weighted by molar-refractivity contribution is -0.167. The average Bonchev–Trinajstić information content (AvgIpc) is 2.86. The molecule has 1 aliphatic carbocycles. The third-order valence-corrected chi connectivity index (χ3v) is 2.86. The molecule has 0 heterocycles. The second-order valence-corrected chi connectivity index (χ2v) is 3.37. The van der Waals surface area contributed by atoms with Crippen molar-refractivity contribution in [2.24, 2.45) is 11.8 Å². The first-order valence-electron chi connectivity index (χ1n) is 4.94. The Morgan fingerprint density at radius 2 is 1.86 bits per heavy atom. The maximum atomic E-state index is 11.5. The van der Waals surface area contributed by atoms with Crippen LogP contribution in [0.15, 0.2) is 0 Å². The van der Waals surface area contributed by atoms with Gasteiger partial charge in [-0.25, -0.2) is 0 Å². The SMILES string of the molecule is CCOC(=O)[C@@H]1C(CC)C1(OC)OC. The lowest BCUT2D eigenvalue weighted by Gasteiger charge is -2.13. The van der Waals surface area contributed by atoms with Gasteiger partial charge in [-0.3, -0.25) is 4.79 Å². The topological polar surface area (TPSA) is 44.8 Å². The van der Waals surface area contributed by atoms with E-state index < -0.39 is 5.79 Å². The van der Waals surface area contributed by atoms with Gasteiger partial charge in [0.1, 0.15) is 5.92 Å². The number of hydrogen-bond donors (Lipinski definition) is 0. The van der Waals surface area contributed by atoms with Gasteiger partial charge in [0.2, 0.25) is 0 Å². The first-order chi connectivity index (χ1) is 6.67. The molecule has 0 N–H and O–H groups in total. The summed E-state index contributed by atoms with van der Waals surface area (Å²) in [5.41, 5.74) is 0. The molecule has 0 aromatic heterocycles. The normalized spacial score (nSPS) is 28.6. The van der Waals surface area contributed by atoms with Crippen LogP contribution in [0.25, 0.3) is 0 Å². The van der Waals surface area contributed by atoms with E-state index in [1.165, 1.54) is 0 Å². The summed E-state index contributed by atoms with van der Waals surface area (Å²) in [5, 5.41) is 0. The maximum Gasteiger partial charge on any atom is 0.314 e. The molecule has 4 heteroatoms. The molecule has 2 atom stereocenters. The number of carbonyl (C=O) groups is 1. The number of esters is 1. The Morgan fingerprint density at radius 3 is 2.14 bits per heavy atom. The van der Waals surface area contributed by atoms with Crippen molar-refractivity contribution in [2.45, 2.75) is 26.1 Å². The quantitative estimate of drug-likeness (QED) is 0.496. The second kappa shape index (κ2) is 4.28. The predicted molar refractivity (Wildman–Crippen MR) is 50.7 cm³/mol. The van der Waals surface area contributed by atoms with Crippen LogP contribution in [-0.2, 0) is 19.0 Å². The predicted octanol–water partition coefficient (Wildman–Crippen LogP) is 1.19. The molecule has 0 aliphatic heterocycles. The number of carbonyl (C=O) groups excluding carboxylic acids is 1. The molecule has 1 unspecified atom stereocenters. The highest BCUT2D eigenvalue weighted by molar-refractivity contribution is 5.78. The van der Waals surface area contributed by atoms with Crippen molar-refractivity contribution in [3.8, 4) is 0 Å². The number of methoxy groups -OCH3 is 2. The fourth-order valence-electron chi connectivity index (χ4n) is 2.13. The van der Waals surface area contributed by atoms with Crippen molar-refractivity contribution in [1.82, 2.24) is 0 Å². The summed E-state index contributed by atoms with van der Waals surface area (Å²) in [6.07, 6.45) is 0.852. The number of rotatable bonds is 5. The Balaban J connectivity index is 2.67. The summed E-state index contributed by atoms with van der Waals surface area (Å²) in [7, 11) is 3.12. The van der Waals surface area contributed by atoms with E-state index in [0.29, 0.717) is 6.61 Å². The van der Waals surface area contributed by atoms with Crippen LogP contribution >= 0.6 is 0 Å². The zero-order valence-electron chi connectivity index (χ0n) is 9.20. The van der Waals surface area contributed by atoms with Crippen molar-refractivity contribution < 1.29 is 19.0 Å². The van der Waals surface area contributed by atoms with E-state index >= 15 is 0 Å². The molecule has 14 heavy (non-hydrogen) atoms. The van der Waals surface area contributed by atoms with E-state index in [1.54, 1.807) is 21.1 Å². The molecule has 0 aromatic rings. The number of hydrogen-bond acceptors (Lipinski definition) is 4.